The van der Waals surface area contributed by atoms with Gasteiger partial charge in [0.25, 0.3) is 0 Å². The second kappa shape index (κ2) is 6.80. The lowest BCUT2D eigenvalue weighted by Crippen LogP contribution is -2.38. The maximum absolute atomic E-state index is 12.1. The lowest BCUT2D eigenvalue weighted by atomic mass is 10.1. The van der Waals surface area contributed by atoms with E-state index in [0.29, 0.717) is 17.7 Å². The second-order valence-corrected chi connectivity index (χ2v) is 5.40. The number of aromatic nitrogens is 2. The monoisotopic (exact) mass is 322 g/mol. The zero-order valence-corrected chi connectivity index (χ0v) is 12.8. The van der Waals surface area contributed by atoms with Crippen LogP contribution in [0.1, 0.15) is 29.1 Å². The van der Waals surface area contributed by atoms with Gasteiger partial charge in [-0.3, -0.25) is 4.79 Å². The summed E-state index contributed by atoms with van der Waals surface area (Å²) >= 11 is 0. The minimum Gasteiger partial charge on any atom is -0.412 e. The number of nitrogens with one attached hydrogen (secondary N) is 1. The first-order valence-electron chi connectivity index (χ1n) is 7.50. The SMILES string of the molecule is N#Cc1cccc(-c2nnc(C(=O)NC[C@@H]3CCCN3C#N)o2)c1. The summed E-state index contributed by atoms with van der Waals surface area (Å²) < 4.78 is 5.38. The van der Waals surface area contributed by atoms with Crippen molar-refractivity contribution in [1.82, 2.24) is 20.4 Å². The number of nitrogens with zero attached hydrogens (tertiary/aromatic N) is 5. The van der Waals surface area contributed by atoms with Gasteiger partial charge in [-0.05, 0) is 31.0 Å². The lowest BCUT2D eigenvalue weighted by Gasteiger charge is -2.17. The Labute approximate surface area is 138 Å². The summed E-state index contributed by atoms with van der Waals surface area (Å²) in [7, 11) is 0. The van der Waals surface area contributed by atoms with Gasteiger partial charge in [-0.1, -0.05) is 6.07 Å². The molecule has 8 nitrogen and oxygen atoms in total. The molecule has 1 aromatic heterocycles. The molecule has 120 valence electrons. The molecule has 8 heteroatoms. The van der Waals surface area contributed by atoms with Crippen LogP contribution in [-0.2, 0) is 0 Å². The molecular weight excluding hydrogens is 308 g/mol. The minimum absolute atomic E-state index is 0.00801. The molecule has 1 atom stereocenters. The van der Waals surface area contributed by atoms with Crippen LogP contribution >= 0.6 is 0 Å². The largest absolute Gasteiger partial charge is 0.412 e. The zero-order valence-electron chi connectivity index (χ0n) is 12.8. The van der Waals surface area contributed by atoms with E-state index < -0.39 is 5.91 Å². The number of nitriles is 2. The third kappa shape index (κ3) is 3.18. The summed E-state index contributed by atoms with van der Waals surface area (Å²) in [5.41, 5.74) is 1.04. The number of amides is 1. The number of rotatable bonds is 4. The summed E-state index contributed by atoms with van der Waals surface area (Å²) in [6.45, 7) is 1.07. The first-order chi connectivity index (χ1) is 11.7. The Kier molecular flexibility index (Phi) is 4.39. The second-order valence-electron chi connectivity index (χ2n) is 5.40. The van der Waals surface area contributed by atoms with Crippen molar-refractivity contribution in [3.8, 4) is 23.7 Å². The van der Waals surface area contributed by atoms with Crippen molar-refractivity contribution in [3.63, 3.8) is 0 Å². The van der Waals surface area contributed by atoms with E-state index in [1.165, 1.54) is 0 Å². The normalized spacial score (nSPS) is 16.4. The van der Waals surface area contributed by atoms with E-state index in [1.54, 1.807) is 29.2 Å². The Bertz CT molecular complexity index is 832. The molecule has 0 spiro atoms. The van der Waals surface area contributed by atoms with Crippen LogP contribution < -0.4 is 5.32 Å². The van der Waals surface area contributed by atoms with Crippen molar-refractivity contribution in [2.45, 2.75) is 18.9 Å². The van der Waals surface area contributed by atoms with Gasteiger partial charge in [0.1, 0.15) is 0 Å². The summed E-state index contributed by atoms with van der Waals surface area (Å²) in [5.74, 6) is -0.444. The third-order valence-electron chi connectivity index (χ3n) is 3.86. The molecule has 2 heterocycles. The molecule has 0 unspecified atom stereocenters. The zero-order chi connectivity index (χ0) is 16.9. The first-order valence-corrected chi connectivity index (χ1v) is 7.50. The smallest absolute Gasteiger partial charge is 0.308 e. The van der Waals surface area contributed by atoms with Crippen LogP contribution in [0.15, 0.2) is 28.7 Å². The Morgan fingerprint density at radius 2 is 2.29 bits per heavy atom. The molecule has 1 N–H and O–H groups in total. The number of hydrogen-bond acceptors (Lipinski definition) is 7. The van der Waals surface area contributed by atoms with Gasteiger partial charge in [-0.15, -0.1) is 10.2 Å². The minimum atomic E-state index is -0.477. The average molecular weight is 322 g/mol. The summed E-state index contributed by atoms with van der Waals surface area (Å²) in [4.78, 5) is 13.8. The molecule has 1 fully saturated rings. The predicted molar refractivity (Wildman–Crippen MR) is 82.1 cm³/mol. The molecule has 0 aliphatic carbocycles. The van der Waals surface area contributed by atoms with Crippen LogP contribution in [0.3, 0.4) is 0 Å². The van der Waals surface area contributed by atoms with Crippen molar-refractivity contribution >= 4 is 5.91 Å². The highest BCUT2D eigenvalue weighted by Gasteiger charge is 2.25. The van der Waals surface area contributed by atoms with Crippen molar-refractivity contribution in [3.05, 3.63) is 35.7 Å². The standard InChI is InChI=1S/C16H14N6O2/c17-8-11-3-1-4-12(7-11)15-20-21-16(24-15)14(23)19-9-13-5-2-6-22(13)10-18/h1,3-4,7,13H,2,5-6,9H2,(H,19,23)/t13-/m0/s1. The fraction of sp³-hybridized carbons (Fsp3) is 0.312. The maximum atomic E-state index is 12.1. The highest BCUT2D eigenvalue weighted by atomic mass is 16.4. The Hall–Kier alpha value is -3.39. The quantitative estimate of drug-likeness (QED) is 0.842. The van der Waals surface area contributed by atoms with E-state index in [2.05, 4.69) is 21.7 Å². The average Bonchev–Trinajstić information content (AvgIpc) is 3.28. The Balaban J connectivity index is 1.66. The molecule has 1 aromatic carbocycles. The van der Waals surface area contributed by atoms with Gasteiger partial charge in [0, 0.05) is 18.7 Å². The van der Waals surface area contributed by atoms with Crippen molar-refractivity contribution in [2.75, 3.05) is 13.1 Å². The van der Waals surface area contributed by atoms with Gasteiger partial charge in [0.15, 0.2) is 6.19 Å². The van der Waals surface area contributed by atoms with Crippen LogP contribution in [-0.4, -0.2) is 40.1 Å². The van der Waals surface area contributed by atoms with E-state index in [0.717, 1.165) is 19.4 Å². The molecule has 24 heavy (non-hydrogen) atoms. The van der Waals surface area contributed by atoms with E-state index in [4.69, 9.17) is 14.9 Å². The van der Waals surface area contributed by atoms with Crippen LogP contribution in [0.4, 0.5) is 0 Å². The summed E-state index contributed by atoms with van der Waals surface area (Å²) in [6, 6.07) is 8.73. The molecule has 2 aromatic rings. The van der Waals surface area contributed by atoms with Gasteiger partial charge < -0.3 is 14.6 Å². The molecule has 0 saturated carbocycles. The molecule has 0 bridgehead atoms. The highest BCUT2D eigenvalue weighted by Crippen LogP contribution is 2.19. The van der Waals surface area contributed by atoms with Crippen molar-refractivity contribution in [2.24, 2.45) is 0 Å². The van der Waals surface area contributed by atoms with Crippen molar-refractivity contribution < 1.29 is 9.21 Å². The van der Waals surface area contributed by atoms with Gasteiger partial charge in [0.05, 0.1) is 17.7 Å². The molecular formula is C16H14N6O2. The van der Waals surface area contributed by atoms with Gasteiger partial charge in [0.2, 0.25) is 5.89 Å². The molecule has 1 aliphatic rings. The molecule has 1 amide bonds. The Morgan fingerprint density at radius 3 is 3.08 bits per heavy atom. The van der Waals surface area contributed by atoms with Gasteiger partial charge >= 0.3 is 11.8 Å². The molecule has 0 radical (unpaired) electrons. The maximum Gasteiger partial charge on any atom is 0.308 e. The van der Waals surface area contributed by atoms with E-state index in [1.807, 2.05) is 6.07 Å². The number of likely N-dealkylation sites (tertiary alicyclic amines) is 1. The van der Waals surface area contributed by atoms with E-state index >= 15 is 0 Å². The fourth-order valence-corrected chi connectivity index (χ4v) is 2.62. The van der Waals surface area contributed by atoms with Crippen LogP contribution in [0.5, 0.6) is 0 Å². The van der Waals surface area contributed by atoms with Gasteiger partial charge in [-0.25, -0.2) is 0 Å². The number of carbonyl (C=O) groups is 1. The summed E-state index contributed by atoms with van der Waals surface area (Å²) in [5, 5.41) is 28.2. The van der Waals surface area contributed by atoms with Crippen LogP contribution in [0, 0.1) is 22.8 Å². The predicted octanol–water partition coefficient (Wildman–Crippen LogP) is 1.28. The van der Waals surface area contributed by atoms with E-state index in [9.17, 15) is 4.79 Å². The first kappa shape index (κ1) is 15.5. The topological polar surface area (TPSA) is 119 Å². The fourth-order valence-electron chi connectivity index (χ4n) is 2.62. The number of hydrogen-bond donors (Lipinski definition) is 1. The highest BCUT2D eigenvalue weighted by molar-refractivity contribution is 5.89. The number of benzene rings is 1. The van der Waals surface area contributed by atoms with Gasteiger partial charge in [-0.2, -0.15) is 10.5 Å². The van der Waals surface area contributed by atoms with E-state index in [-0.39, 0.29) is 17.8 Å². The molecule has 3 rings (SSSR count). The molecule has 1 aliphatic heterocycles. The van der Waals surface area contributed by atoms with Crippen molar-refractivity contribution in [1.29, 1.82) is 10.5 Å². The van der Waals surface area contributed by atoms with Crippen LogP contribution in [0.2, 0.25) is 0 Å². The lowest BCUT2D eigenvalue weighted by molar-refractivity contribution is 0.0911. The Morgan fingerprint density at radius 1 is 1.42 bits per heavy atom. The number of carbonyl (C=O) groups excluding carboxylic acids is 1. The third-order valence-corrected chi connectivity index (χ3v) is 3.86. The summed E-state index contributed by atoms with van der Waals surface area (Å²) in [6.07, 6.45) is 3.92. The van der Waals surface area contributed by atoms with Crippen LogP contribution in [0.25, 0.3) is 11.5 Å². The molecule has 1 saturated heterocycles.